The van der Waals surface area contributed by atoms with Crippen molar-refractivity contribution < 1.29 is 70.1 Å². The number of aliphatic carboxylic acids is 1. The van der Waals surface area contributed by atoms with Gasteiger partial charge in [0.15, 0.2) is 0 Å². The summed E-state index contributed by atoms with van der Waals surface area (Å²) in [6.45, 7) is 1.08. The number of hydrogen-bond donors (Lipinski definition) is 1. The molecule has 0 saturated carbocycles. The van der Waals surface area contributed by atoms with Crippen molar-refractivity contribution in [2.75, 3.05) is 0 Å². The molecule has 0 fully saturated rings. The van der Waals surface area contributed by atoms with Gasteiger partial charge in [0.1, 0.15) is 0 Å². The van der Waals surface area contributed by atoms with E-state index < -0.39 is 43.9 Å². The molecule has 0 unspecified atom stereocenters. The second-order valence-corrected chi connectivity index (χ2v) is 2.08. The Hall–Kier alpha value is 1.26. The molecular weight excluding hydrogens is 356 g/mol. The first-order chi connectivity index (χ1) is 3.46. The minimum absolute atomic E-state index is 0. The maximum Gasteiger partial charge on any atom is 0 e. The van der Waals surface area contributed by atoms with Gasteiger partial charge in [-0.15, -0.1) is 0 Å². The number of carboxylic acids is 1. The van der Waals surface area contributed by atoms with Crippen molar-refractivity contribution in [3.63, 3.8) is 0 Å². The molecule has 0 aromatic rings. The normalized spacial score (nSPS) is 5.78. The Morgan fingerprint density at radius 3 is 1.44 bits per heavy atom. The minimum atomic E-state index is -5.16. The number of carbonyl (C=O) groups is 1. The molecule has 0 aliphatic heterocycles. The Morgan fingerprint density at radius 1 is 1.44 bits per heavy atom. The third-order valence-electron chi connectivity index (χ3n) is 0. The average molecular weight is 360 g/mol. The zero-order valence-corrected chi connectivity index (χ0v) is 9.10. The summed E-state index contributed by atoms with van der Waals surface area (Å²) in [5.74, 6) is -0.833. The molecule has 0 bridgehead atoms. The van der Waals surface area contributed by atoms with Gasteiger partial charge in [-0.2, -0.15) is 0 Å². The first-order valence-corrected chi connectivity index (χ1v) is 5.06. The van der Waals surface area contributed by atoms with Crippen LogP contribution in [0.25, 0.3) is 0 Å². The van der Waals surface area contributed by atoms with Crippen molar-refractivity contribution >= 4 is 5.97 Å². The van der Waals surface area contributed by atoms with E-state index in [4.69, 9.17) is 9.90 Å². The smallest absolute Gasteiger partial charge is 0 e. The third kappa shape index (κ3) is 307. The molecule has 1 radical (unpaired) electrons. The average Bonchev–Trinajstić information content (AvgIpc) is 1.25. The van der Waals surface area contributed by atoms with E-state index in [2.05, 4.69) is 0 Å². The first kappa shape index (κ1) is 16.7. The van der Waals surface area contributed by atoms with E-state index in [1.54, 1.807) is 0 Å². The molecule has 0 saturated heterocycles. The van der Waals surface area contributed by atoms with Crippen molar-refractivity contribution in [2.45, 2.75) is 6.92 Å². The third-order valence-corrected chi connectivity index (χ3v) is 0. The number of hydrogen-bond acceptors (Lipinski definition) is 1. The van der Waals surface area contributed by atoms with Crippen LogP contribution in [0, 0.1) is 37.9 Å². The van der Waals surface area contributed by atoms with Crippen LogP contribution in [0.5, 0.6) is 0 Å². The quantitative estimate of drug-likeness (QED) is 0.663. The molecule has 0 aliphatic rings. The molecule has 0 rings (SSSR count). The van der Waals surface area contributed by atoms with Crippen molar-refractivity contribution in [3.05, 3.63) is 0 Å². The van der Waals surface area contributed by atoms with Gasteiger partial charge in [0.05, 0.1) is 0 Å². The van der Waals surface area contributed by atoms with Gasteiger partial charge in [-0.3, -0.25) is 4.79 Å². The number of halogens is 3. The fourth-order valence-electron chi connectivity index (χ4n) is 0. The molecule has 7 heteroatoms. The molecule has 1 N–H and O–H groups in total. The summed E-state index contributed by atoms with van der Waals surface area (Å²) in [6.07, 6.45) is 0. The topological polar surface area (TPSA) is 37.3 Å². The van der Waals surface area contributed by atoms with Gasteiger partial charge in [-0.05, 0) is 0 Å². The number of rotatable bonds is 0. The Labute approximate surface area is 81.8 Å². The predicted molar refractivity (Wildman–Crippen MR) is 16.6 cm³/mol. The van der Waals surface area contributed by atoms with E-state index in [0.717, 1.165) is 6.92 Å². The second kappa shape index (κ2) is 12.0. The van der Waals surface area contributed by atoms with Gasteiger partial charge < -0.3 is 5.11 Å². The van der Waals surface area contributed by atoms with Gasteiger partial charge in [-0.25, -0.2) is 0 Å². The molecule has 9 heavy (non-hydrogen) atoms. The molecule has 0 aromatic heterocycles. The largest absolute Gasteiger partial charge is 0 e. The van der Waals surface area contributed by atoms with Gasteiger partial charge in [0.2, 0.25) is 0 Å². The fourth-order valence-corrected chi connectivity index (χ4v) is 0. The SMILES string of the molecule is CC(=O)O.[F][Ce]([F])[F].[Rh]. The molecule has 0 aliphatic carbocycles. The van der Waals surface area contributed by atoms with Crippen molar-refractivity contribution in [3.8, 4) is 0 Å². The van der Waals surface area contributed by atoms with Crippen LogP contribution in [0.4, 0.5) is 2.73 Å². The van der Waals surface area contributed by atoms with Crippen LogP contribution >= 0.6 is 0 Å². The van der Waals surface area contributed by atoms with Crippen LogP contribution < -0.4 is 0 Å². The molecular formula is C2H4CeF3O2Rh. The monoisotopic (exact) mass is 360 g/mol. The Morgan fingerprint density at radius 2 is 1.44 bits per heavy atom. The molecule has 0 aromatic carbocycles. The molecule has 0 atom stereocenters. The number of carboxylic acid groups (broad SMARTS) is 1. The summed E-state index contributed by atoms with van der Waals surface area (Å²) in [4.78, 5) is 9.00. The van der Waals surface area contributed by atoms with Crippen molar-refractivity contribution in [2.24, 2.45) is 0 Å². The fraction of sp³-hybridized carbons (Fsp3) is 0.500. The van der Waals surface area contributed by atoms with E-state index >= 15 is 0 Å². The van der Waals surface area contributed by atoms with E-state index in [9.17, 15) is 2.73 Å². The van der Waals surface area contributed by atoms with Crippen molar-refractivity contribution in [1.29, 1.82) is 0 Å². The summed E-state index contributed by atoms with van der Waals surface area (Å²) in [6, 6.07) is 0. The predicted octanol–water partition coefficient (Wildman–Crippen LogP) is 1.35. The van der Waals surface area contributed by atoms with Gasteiger partial charge in [0.25, 0.3) is 5.97 Å². The van der Waals surface area contributed by atoms with E-state index in [1.807, 2.05) is 0 Å². The van der Waals surface area contributed by atoms with Gasteiger partial charge >= 0.3 is 40.7 Å². The Balaban J connectivity index is -0.0000000720. The summed E-state index contributed by atoms with van der Waals surface area (Å²) >= 11 is -5.16. The van der Waals surface area contributed by atoms with Crippen LogP contribution in [0.15, 0.2) is 0 Å². The summed E-state index contributed by atoms with van der Waals surface area (Å²) < 4.78 is 29.6. The molecule has 0 heterocycles. The molecule has 2 nitrogen and oxygen atoms in total. The van der Waals surface area contributed by atoms with Crippen molar-refractivity contribution in [1.82, 2.24) is 0 Å². The summed E-state index contributed by atoms with van der Waals surface area (Å²) in [5.41, 5.74) is 0. The Bertz CT molecular complexity index is 64.1. The van der Waals surface area contributed by atoms with Crippen LogP contribution in [-0.2, 0) is 24.3 Å². The summed E-state index contributed by atoms with van der Waals surface area (Å²) in [7, 11) is 0. The Kier molecular flexibility index (Phi) is 22.2. The van der Waals surface area contributed by atoms with E-state index in [1.165, 1.54) is 0 Å². The second-order valence-electron chi connectivity index (χ2n) is 0.733. The zero-order chi connectivity index (χ0) is 7.15. The van der Waals surface area contributed by atoms with Crippen LogP contribution in [0.1, 0.15) is 6.92 Å². The van der Waals surface area contributed by atoms with Crippen LogP contribution in [0.2, 0.25) is 0 Å². The maximum atomic E-state index is 9.88. The van der Waals surface area contributed by atoms with Gasteiger partial charge in [-0.1, -0.05) is 0 Å². The van der Waals surface area contributed by atoms with Gasteiger partial charge in [0, 0.05) is 26.4 Å². The van der Waals surface area contributed by atoms with Crippen LogP contribution in [-0.4, -0.2) is 11.1 Å². The van der Waals surface area contributed by atoms with Crippen LogP contribution in [0.3, 0.4) is 0 Å². The molecule has 0 amide bonds. The molecule has 58 valence electrons. The first-order valence-electron chi connectivity index (χ1n) is 1.49. The standard InChI is InChI=1S/C2H4O2.Ce.3FH.Rh/c1-2(3)4;;;;;/h1H3,(H,3,4);;3*1H;/q;+3;;;;/p-3. The zero-order valence-electron chi connectivity index (χ0n) is 4.32. The minimum Gasteiger partial charge on any atom is 0 e. The van der Waals surface area contributed by atoms with E-state index in [-0.39, 0.29) is 19.5 Å². The maximum absolute atomic E-state index is 9.88. The summed E-state index contributed by atoms with van der Waals surface area (Å²) in [5, 5.41) is 7.42. The molecule has 0 spiro atoms. The van der Waals surface area contributed by atoms with E-state index in [0.29, 0.717) is 0 Å².